The number of hydrogen-bond donors (Lipinski definition) is 1. The molecule has 1 saturated heterocycles. The van der Waals surface area contributed by atoms with E-state index in [-0.39, 0.29) is 16.8 Å². The van der Waals surface area contributed by atoms with Crippen molar-refractivity contribution in [3.05, 3.63) is 75.3 Å². The minimum absolute atomic E-state index is 0.0745. The number of ketones is 1. The summed E-state index contributed by atoms with van der Waals surface area (Å²) in [6, 6.07) is 11.6. The van der Waals surface area contributed by atoms with Crippen molar-refractivity contribution in [3.8, 4) is 5.75 Å². The van der Waals surface area contributed by atoms with Gasteiger partial charge in [-0.1, -0.05) is 51.0 Å². The Morgan fingerprint density at radius 1 is 1.03 bits per heavy atom. The third kappa shape index (κ3) is 6.77. The number of methoxy groups -OCH3 is 1. The molecule has 1 N–H and O–H groups in total. The van der Waals surface area contributed by atoms with E-state index in [2.05, 4.69) is 18.7 Å². The molecule has 0 unspecified atom stereocenters. The molecule has 1 amide bonds. The Labute approximate surface area is 223 Å². The Kier molecular flexibility index (Phi) is 10.4. The summed E-state index contributed by atoms with van der Waals surface area (Å²) in [7, 11) is 1.55. The van der Waals surface area contributed by atoms with Crippen LogP contribution in [0.3, 0.4) is 0 Å². The smallest absolute Gasteiger partial charge is 0.295 e. The van der Waals surface area contributed by atoms with E-state index in [1.54, 1.807) is 31.4 Å². The van der Waals surface area contributed by atoms with Gasteiger partial charge in [-0.2, -0.15) is 0 Å². The van der Waals surface area contributed by atoms with Crippen LogP contribution in [0.5, 0.6) is 5.75 Å². The van der Waals surface area contributed by atoms with Gasteiger partial charge in [0.2, 0.25) is 0 Å². The summed E-state index contributed by atoms with van der Waals surface area (Å²) < 4.78 is 5.26. The summed E-state index contributed by atoms with van der Waals surface area (Å²) in [5.41, 5.74) is 0.463. The third-order valence-corrected chi connectivity index (χ3v) is 6.83. The summed E-state index contributed by atoms with van der Waals surface area (Å²) in [5, 5.41) is 22.5. The van der Waals surface area contributed by atoms with Crippen LogP contribution in [0.4, 0.5) is 5.69 Å². The van der Waals surface area contributed by atoms with Crippen LogP contribution < -0.4 is 4.74 Å². The number of nitrogens with zero attached hydrogens (tertiary/aromatic N) is 3. The number of non-ortho nitro benzene ring substituents is 1. The van der Waals surface area contributed by atoms with Gasteiger partial charge in [0.15, 0.2) is 0 Å². The van der Waals surface area contributed by atoms with E-state index >= 15 is 0 Å². The largest absolute Gasteiger partial charge is 0.507 e. The number of amides is 1. The highest BCUT2D eigenvalue weighted by Crippen LogP contribution is 2.40. The summed E-state index contributed by atoms with van der Waals surface area (Å²) in [6.45, 7) is 7.43. The molecule has 2 aromatic carbocycles. The van der Waals surface area contributed by atoms with E-state index in [0.717, 1.165) is 45.3 Å². The summed E-state index contributed by atoms with van der Waals surface area (Å²) in [5.74, 6) is -1.30. The predicted octanol–water partition coefficient (Wildman–Crippen LogP) is 5.32. The SMILES string of the molecule is CCCCN(CCCC)CCCN1C(=O)C(=O)C(=C(O)c2cccc([N+](=O)[O-])c2)[C@@H]1c1ccc(OC)cc1. The first kappa shape index (κ1) is 28.8. The van der Waals surface area contributed by atoms with E-state index in [0.29, 0.717) is 24.3 Å². The summed E-state index contributed by atoms with van der Waals surface area (Å²) in [4.78, 5) is 41.1. The monoisotopic (exact) mass is 523 g/mol. The van der Waals surface area contributed by atoms with Crippen LogP contribution in [0.25, 0.3) is 5.76 Å². The number of likely N-dealkylation sites (tertiary alicyclic amines) is 1. The normalized spacial score (nSPS) is 16.8. The summed E-state index contributed by atoms with van der Waals surface area (Å²) in [6.07, 6.45) is 5.08. The zero-order chi connectivity index (χ0) is 27.7. The zero-order valence-corrected chi connectivity index (χ0v) is 22.4. The molecule has 2 aromatic rings. The van der Waals surface area contributed by atoms with Crippen LogP contribution in [-0.2, 0) is 9.59 Å². The van der Waals surface area contributed by atoms with Gasteiger partial charge in [-0.15, -0.1) is 0 Å². The van der Waals surface area contributed by atoms with Crippen molar-refractivity contribution >= 4 is 23.1 Å². The number of aliphatic hydroxyl groups excluding tert-OH is 1. The van der Waals surface area contributed by atoms with Gasteiger partial charge in [0.25, 0.3) is 17.4 Å². The van der Waals surface area contributed by atoms with Crippen molar-refractivity contribution in [3.63, 3.8) is 0 Å². The van der Waals surface area contributed by atoms with Gasteiger partial charge < -0.3 is 19.6 Å². The molecule has 9 heteroatoms. The number of Topliss-reactive ketones (excluding diaryl/α,β-unsaturated/α-hetero) is 1. The van der Waals surface area contributed by atoms with Crippen molar-refractivity contribution in [2.45, 2.75) is 52.0 Å². The molecule has 204 valence electrons. The van der Waals surface area contributed by atoms with Crippen molar-refractivity contribution in [2.24, 2.45) is 0 Å². The maximum absolute atomic E-state index is 13.3. The van der Waals surface area contributed by atoms with E-state index in [1.807, 2.05) is 0 Å². The van der Waals surface area contributed by atoms with E-state index in [9.17, 15) is 24.8 Å². The Morgan fingerprint density at radius 2 is 1.66 bits per heavy atom. The first-order chi connectivity index (χ1) is 18.3. The second kappa shape index (κ2) is 13.7. The fourth-order valence-corrected chi connectivity index (χ4v) is 4.73. The van der Waals surface area contributed by atoms with Gasteiger partial charge in [0.05, 0.1) is 23.6 Å². The van der Waals surface area contributed by atoms with Crippen LogP contribution in [0.15, 0.2) is 54.1 Å². The lowest BCUT2D eigenvalue weighted by molar-refractivity contribution is -0.384. The lowest BCUT2D eigenvalue weighted by Gasteiger charge is -2.27. The number of rotatable bonds is 14. The molecular weight excluding hydrogens is 486 g/mol. The van der Waals surface area contributed by atoms with Crippen molar-refractivity contribution in [1.29, 1.82) is 0 Å². The molecule has 0 aliphatic carbocycles. The van der Waals surface area contributed by atoms with Gasteiger partial charge in [0.1, 0.15) is 11.5 Å². The molecule has 0 saturated carbocycles. The quantitative estimate of drug-likeness (QED) is 0.117. The first-order valence-electron chi connectivity index (χ1n) is 13.2. The van der Waals surface area contributed by atoms with Gasteiger partial charge in [-0.25, -0.2) is 0 Å². The number of carbonyl (C=O) groups is 2. The second-order valence-electron chi connectivity index (χ2n) is 9.48. The molecule has 1 fully saturated rings. The standard InChI is InChI=1S/C29H37N3O6/c1-4-6-16-30(17-7-5-2)18-9-19-31-26(21-12-14-24(38-3)15-13-21)25(28(34)29(31)35)27(33)22-10-8-11-23(20-22)32(36)37/h8,10-15,20,26,33H,4-7,9,16-19H2,1-3H3/t26-/m0/s1. The first-order valence-corrected chi connectivity index (χ1v) is 13.2. The number of carbonyl (C=O) groups excluding carboxylic acids is 2. The lowest BCUT2D eigenvalue weighted by atomic mass is 9.95. The van der Waals surface area contributed by atoms with E-state index < -0.39 is 28.4 Å². The maximum Gasteiger partial charge on any atom is 0.295 e. The van der Waals surface area contributed by atoms with E-state index in [1.165, 1.54) is 29.2 Å². The van der Waals surface area contributed by atoms with Gasteiger partial charge in [-0.3, -0.25) is 19.7 Å². The molecule has 0 aromatic heterocycles. The van der Waals surface area contributed by atoms with Gasteiger partial charge in [-0.05, 0) is 56.6 Å². The molecule has 0 spiro atoms. The van der Waals surface area contributed by atoms with Crippen molar-refractivity contribution in [1.82, 2.24) is 9.80 Å². The van der Waals surface area contributed by atoms with Gasteiger partial charge in [0, 0.05) is 24.2 Å². The number of nitro groups is 1. The Morgan fingerprint density at radius 3 is 2.24 bits per heavy atom. The van der Waals surface area contributed by atoms with Gasteiger partial charge >= 0.3 is 0 Å². The fraction of sp³-hybridized carbons (Fsp3) is 0.448. The van der Waals surface area contributed by atoms with Crippen molar-refractivity contribution < 1.29 is 24.4 Å². The molecule has 1 heterocycles. The highest BCUT2D eigenvalue weighted by atomic mass is 16.6. The average molecular weight is 524 g/mol. The number of unbranched alkanes of at least 4 members (excludes halogenated alkanes) is 2. The highest BCUT2D eigenvalue weighted by molar-refractivity contribution is 6.46. The number of aliphatic hydroxyl groups is 1. The minimum atomic E-state index is -0.820. The number of ether oxygens (including phenoxy) is 1. The Hall–Kier alpha value is -3.72. The maximum atomic E-state index is 13.3. The fourth-order valence-electron chi connectivity index (χ4n) is 4.73. The molecule has 1 aliphatic rings. The Balaban J connectivity index is 1.96. The van der Waals surface area contributed by atoms with Crippen LogP contribution in [0.2, 0.25) is 0 Å². The van der Waals surface area contributed by atoms with E-state index in [4.69, 9.17) is 4.74 Å². The third-order valence-electron chi connectivity index (χ3n) is 6.83. The molecule has 0 radical (unpaired) electrons. The number of benzene rings is 2. The highest BCUT2D eigenvalue weighted by Gasteiger charge is 2.45. The Bertz CT molecular complexity index is 1150. The number of hydrogen-bond acceptors (Lipinski definition) is 7. The molecule has 38 heavy (non-hydrogen) atoms. The predicted molar refractivity (Wildman–Crippen MR) is 146 cm³/mol. The molecule has 3 rings (SSSR count). The lowest BCUT2D eigenvalue weighted by Crippen LogP contribution is -2.34. The molecule has 1 aliphatic heterocycles. The molecule has 0 bridgehead atoms. The van der Waals surface area contributed by atoms with Crippen LogP contribution in [-0.4, -0.2) is 64.8 Å². The summed E-state index contributed by atoms with van der Waals surface area (Å²) >= 11 is 0. The molecule has 1 atom stereocenters. The minimum Gasteiger partial charge on any atom is -0.507 e. The van der Waals surface area contributed by atoms with Crippen LogP contribution >= 0.6 is 0 Å². The molecule has 9 nitrogen and oxygen atoms in total. The topological polar surface area (TPSA) is 113 Å². The van der Waals surface area contributed by atoms with Crippen molar-refractivity contribution in [2.75, 3.05) is 33.3 Å². The van der Waals surface area contributed by atoms with Crippen LogP contribution in [0, 0.1) is 10.1 Å². The zero-order valence-electron chi connectivity index (χ0n) is 22.4. The average Bonchev–Trinajstić information content (AvgIpc) is 3.18. The number of nitro benzene ring substituents is 1. The molecular formula is C29H37N3O6. The second-order valence-corrected chi connectivity index (χ2v) is 9.48. The van der Waals surface area contributed by atoms with Crippen LogP contribution in [0.1, 0.15) is 63.1 Å².